The molecule has 102 valence electrons. The SMILES string of the molecule is CCNCCN(CC)Cc1ccc(N(C)C)cc1. The predicted octanol–water partition coefficient (Wildman–Crippen LogP) is 2.18. The van der Waals surface area contributed by atoms with Crippen molar-refractivity contribution in [3.05, 3.63) is 29.8 Å². The Bertz CT molecular complexity index is 319. The molecular formula is C15H27N3. The monoisotopic (exact) mass is 249 g/mol. The van der Waals surface area contributed by atoms with E-state index in [4.69, 9.17) is 0 Å². The standard InChI is InChI=1S/C15H27N3/c1-5-16-11-12-18(6-2)13-14-7-9-15(10-8-14)17(3)4/h7-10,16H,5-6,11-13H2,1-4H3. The third-order valence-corrected chi connectivity index (χ3v) is 3.16. The van der Waals surface area contributed by atoms with Crippen molar-refractivity contribution in [3.63, 3.8) is 0 Å². The largest absolute Gasteiger partial charge is 0.378 e. The smallest absolute Gasteiger partial charge is 0.0361 e. The van der Waals surface area contributed by atoms with Crippen LogP contribution in [0.4, 0.5) is 5.69 Å². The summed E-state index contributed by atoms with van der Waals surface area (Å²) >= 11 is 0. The molecule has 3 heteroatoms. The second-order valence-electron chi connectivity index (χ2n) is 4.78. The van der Waals surface area contributed by atoms with Gasteiger partial charge in [0.2, 0.25) is 0 Å². The molecule has 0 aliphatic rings. The molecule has 18 heavy (non-hydrogen) atoms. The van der Waals surface area contributed by atoms with Crippen molar-refractivity contribution in [2.24, 2.45) is 0 Å². The van der Waals surface area contributed by atoms with E-state index in [0.29, 0.717) is 0 Å². The summed E-state index contributed by atoms with van der Waals surface area (Å²) in [4.78, 5) is 4.60. The maximum atomic E-state index is 3.37. The Morgan fingerprint density at radius 3 is 2.22 bits per heavy atom. The quantitative estimate of drug-likeness (QED) is 0.713. The number of nitrogens with zero attached hydrogens (tertiary/aromatic N) is 2. The van der Waals surface area contributed by atoms with Crippen LogP contribution in [-0.2, 0) is 6.54 Å². The summed E-state index contributed by atoms with van der Waals surface area (Å²) in [5.74, 6) is 0. The molecule has 0 heterocycles. The van der Waals surface area contributed by atoms with Gasteiger partial charge in [-0.1, -0.05) is 26.0 Å². The lowest BCUT2D eigenvalue weighted by molar-refractivity contribution is 0.280. The topological polar surface area (TPSA) is 18.5 Å². The summed E-state index contributed by atoms with van der Waals surface area (Å²) in [6, 6.07) is 8.83. The second-order valence-corrected chi connectivity index (χ2v) is 4.78. The van der Waals surface area contributed by atoms with E-state index in [9.17, 15) is 0 Å². The van der Waals surface area contributed by atoms with Crippen molar-refractivity contribution in [3.8, 4) is 0 Å². The van der Waals surface area contributed by atoms with Crippen LogP contribution in [-0.4, -0.2) is 45.2 Å². The van der Waals surface area contributed by atoms with Crippen molar-refractivity contribution >= 4 is 5.69 Å². The first kappa shape index (κ1) is 15.0. The lowest BCUT2D eigenvalue weighted by Gasteiger charge is -2.21. The number of benzene rings is 1. The molecule has 1 aromatic rings. The molecule has 1 rings (SSSR count). The molecule has 0 unspecified atom stereocenters. The summed E-state index contributed by atoms with van der Waals surface area (Å²) in [6.45, 7) is 9.74. The lowest BCUT2D eigenvalue weighted by Crippen LogP contribution is -2.31. The van der Waals surface area contributed by atoms with Gasteiger partial charge in [-0.15, -0.1) is 0 Å². The second kappa shape index (κ2) is 8.11. The van der Waals surface area contributed by atoms with Crippen molar-refractivity contribution in [2.45, 2.75) is 20.4 Å². The fourth-order valence-electron chi connectivity index (χ4n) is 1.92. The Labute approximate surface area is 112 Å². The van der Waals surface area contributed by atoms with Gasteiger partial charge < -0.3 is 10.2 Å². The highest BCUT2D eigenvalue weighted by Gasteiger charge is 2.03. The van der Waals surface area contributed by atoms with Gasteiger partial charge in [0.25, 0.3) is 0 Å². The third kappa shape index (κ3) is 5.07. The molecule has 3 nitrogen and oxygen atoms in total. The zero-order chi connectivity index (χ0) is 13.4. The van der Waals surface area contributed by atoms with Gasteiger partial charge in [-0.25, -0.2) is 0 Å². The zero-order valence-electron chi connectivity index (χ0n) is 12.2. The number of hydrogen-bond donors (Lipinski definition) is 1. The van der Waals surface area contributed by atoms with Gasteiger partial charge in [0.15, 0.2) is 0 Å². The Morgan fingerprint density at radius 2 is 1.72 bits per heavy atom. The average Bonchev–Trinajstić information content (AvgIpc) is 2.38. The number of anilines is 1. The molecule has 1 aromatic carbocycles. The van der Waals surface area contributed by atoms with Crippen molar-refractivity contribution in [1.82, 2.24) is 10.2 Å². The summed E-state index contributed by atoms with van der Waals surface area (Å²) < 4.78 is 0. The molecule has 0 saturated carbocycles. The first-order chi connectivity index (χ1) is 8.67. The average molecular weight is 249 g/mol. The van der Waals surface area contributed by atoms with Gasteiger partial charge in [-0.05, 0) is 30.8 Å². The minimum absolute atomic E-state index is 1.04. The normalized spacial score (nSPS) is 10.9. The number of hydrogen-bond acceptors (Lipinski definition) is 3. The molecule has 0 aromatic heterocycles. The van der Waals surface area contributed by atoms with Gasteiger partial charge in [0, 0.05) is 39.4 Å². The lowest BCUT2D eigenvalue weighted by atomic mass is 10.2. The van der Waals surface area contributed by atoms with Crippen LogP contribution in [0.5, 0.6) is 0 Å². The van der Waals surface area contributed by atoms with Crippen molar-refractivity contribution < 1.29 is 0 Å². The zero-order valence-corrected chi connectivity index (χ0v) is 12.2. The molecule has 0 aliphatic heterocycles. The minimum atomic E-state index is 1.04. The van der Waals surface area contributed by atoms with E-state index >= 15 is 0 Å². The first-order valence-electron chi connectivity index (χ1n) is 6.86. The predicted molar refractivity (Wildman–Crippen MR) is 80.3 cm³/mol. The third-order valence-electron chi connectivity index (χ3n) is 3.16. The van der Waals surface area contributed by atoms with Crippen molar-refractivity contribution in [2.75, 3.05) is 45.2 Å². The van der Waals surface area contributed by atoms with Crippen LogP contribution < -0.4 is 10.2 Å². The summed E-state index contributed by atoms with van der Waals surface area (Å²) in [6.07, 6.45) is 0. The molecular weight excluding hydrogens is 222 g/mol. The van der Waals surface area contributed by atoms with E-state index in [0.717, 1.165) is 32.7 Å². The number of likely N-dealkylation sites (N-methyl/N-ethyl adjacent to an activating group) is 2. The Morgan fingerprint density at radius 1 is 1.06 bits per heavy atom. The summed E-state index contributed by atoms with van der Waals surface area (Å²) in [5.41, 5.74) is 2.65. The van der Waals surface area contributed by atoms with Crippen LogP contribution >= 0.6 is 0 Å². The van der Waals surface area contributed by atoms with Crippen LogP contribution in [0.1, 0.15) is 19.4 Å². The van der Waals surface area contributed by atoms with Crippen LogP contribution in [0.3, 0.4) is 0 Å². The van der Waals surface area contributed by atoms with E-state index in [1.54, 1.807) is 0 Å². The minimum Gasteiger partial charge on any atom is -0.378 e. The van der Waals surface area contributed by atoms with Crippen LogP contribution in [0.2, 0.25) is 0 Å². The maximum absolute atomic E-state index is 3.37. The van der Waals surface area contributed by atoms with Crippen LogP contribution in [0, 0.1) is 0 Å². The molecule has 0 atom stereocenters. The van der Waals surface area contributed by atoms with Gasteiger partial charge in [-0.2, -0.15) is 0 Å². The molecule has 0 fully saturated rings. The Kier molecular flexibility index (Phi) is 6.76. The van der Waals surface area contributed by atoms with E-state index in [1.807, 2.05) is 0 Å². The molecule has 1 N–H and O–H groups in total. The van der Waals surface area contributed by atoms with Gasteiger partial charge in [0.05, 0.1) is 0 Å². The molecule has 0 bridgehead atoms. The van der Waals surface area contributed by atoms with Gasteiger partial charge in [-0.3, -0.25) is 4.90 Å². The molecule has 0 radical (unpaired) electrons. The van der Waals surface area contributed by atoms with Crippen LogP contribution in [0.15, 0.2) is 24.3 Å². The highest BCUT2D eigenvalue weighted by atomic mass is 15.1. The summed E-state index contributed by atoms with van der Waals surface area (Å²) in [5, 5.41) is 3.37. The molecule has 0 aliphatic carbocycles. The van der Waals surface area contributed by atoms with E-state index in [2.05, 4.69) is 67.3 Å². The summed E-state index contributed by atoms with van der Waals surface area (Å²) in [7, 11) is 4.15. The fraction of sp³-hybridized carbons (Fsp3) is 0.600. The number of nitrogens with one attached hydrogen (secondary N) is 1. The van der Waals surface area contributed by atoms with E-state index in [1.165, 1.54) is 11.3 Å². The number of rotatable bonds is 8. The Balaban J connectivity index is 2.48. The fourth-order valence-corrected chi connectivity index (χ4v) is 1.92. The first-order valence-corrected chi connectivity index (χ1v) is 6.86. The highest BCUT2D eigenvalue weighted by Crippen LogP contribution is 2.13. The molecule has 0 saturated heterocycles. The molecule has 0 amide bonds. The van der Waals surface area contributed by atoms with E-state index in [-0.39, 0.29) is 0 Å². The highest BCUT2D eigenvalue weighted by molar-refractivity contribution is 5.45. The molecule has 0 spiro atoms. The van der Waals surface area contributed by atoms with Crippen LogP contribution in [0.25, 0.3) is 0 Å². The van der Waals surface area contributed by atoms with Gasteiger partial charge >= 0.3 is 0 Å². The maximum Gasteiger partial charge on any atom is 0.0361 e. The Hall–Kier alpha value is -1.06. The van der Waals surface area contributed by atoms with E-state index < -0.39 is 0 Å². The van der Waals surface area contributed by atoms with Crippen molar-refractivity contribution in [1.29, 1.82) is 0 Å². The van der Waals surface area contributed by atoms with Gasteiger partial charge in [0.1, 0.15) is 0 Å².